The van der Waals surface area contributed by atoms with Crippen molar-refractivity contribution in [1.29, 1.82) is 0 Å². The molecule has 0 aromatic carbocycles. The van der Waals surface area contributed by atoms with Crippen LogP contribution in [0.4, 0.5) is 0 Å². The van der Waals surface area contributed by atoms with Gasteiger partial charge >= 0.3 is 5.97 Å². The molecule has 1 aliphatic heterocycles. The molecule has 0 saturated carbocycles. The van der Waals surface area contributed by atoms with Crippen LogP contribution in [0.5, 0.6) is 0 Å². The molecule has 1 fully saturated rings. The molecule has 0 amide bonds. The topological polar surface area (TPSA) is 38.3 Å². The van der Waals surface area contributed by atoms with E-state index in [9.17, 15) is 4.79 Å². The molecule has 0 aromatic heterocycles. The van der Waals surface area contributed by atoms with E-state index in [1.807, 2.05) is 30.4 Å². The number of carbonyl (C=O) groups excluding carboxylic acids is 1. The average molecular weight is 249 g/mol. The summed E-state index contributed by atoms with van der Waals surface area (Å²) < 4.78 is 4.85. The fourth-order valence-corrected chi connectivity index (χ4v) is 3.99. The van der Waals surface area contributed by atoms with E-state index >= 15 is 0 Å². The van der Waals surface area contributed by atoms with Crippen LogP contribution >= 0.6 is 23.5 Å². The second-order valence-electron chi connectivity index (χ2n) is 3.33. The third-order valence-corrected chi connectivity index (χ3v) is 4.91. The first-order valence-corrected chi connectivity index (χ1v) is 7.59. The van der Waals surface area contributed by atoms with Gasteiger partial charge in [0.15, 0.2) is 0 Å². The fourth-order valence-electron chi connectivity index (χ4n) is 1.34. The first kappa shape index (κ1) is 13.2. The van der Waals surface area contributed by atoms with Gasteiger partial charge in [-0.15, -0.1) is 0 Å². The summed E-state index contributed by atoms with van der Waals surface area (Å²) in [5.74, 6) is 3.67. The van der Waals surface area contributed by atoms with Gasteiger partial charge in [-0.2, -0.15) is 23.5 Å². The van der Waals surface area contributed by atoms with Crippen LogP contribution in [0.15, 0.2) is 0 Å². The average Bonchev–Trinajstić information content (AvgIpc) is 2.26. The van der Waals surface area contributed by atoms with Gasteiger partial charge in [0, 0.05) is 35.6 Å². The molecule has 1 atom stereocenters. The number of ether oxygens (including phenoxy) is 1. The molecule has 88 valence electrons. The Morgan fingerprint density at radius 2 is 2.40 bits per heavy atom. The zero-order chi connectivity index (χ0) is 10.9. The number of thioether (sulfide) groups is 2. The molecule has 1 unspecified atom stereocenters. The van der Waals surface area contributed by atoms with E-state index in [4.69, 9.17) is 4.74 Å². The Kier molecular flexibility index (Phi) is 7.30. The van der Waals surface area contributed by atoms with E-state index in [2.05, 4.69) is 5.32 Å². The molecule has 0 spiro atoms. The van der Waals surface area contributed by atoms with Gasteiger partial charge in [-0.3, -0.25) is 4.79 Å². The maximum absolute atomic E-state index is 11.0. The van der Waals surface area contributed by atoms with Gasteiger partial charge in [0.1, 0.15) is 0 Å². The monoisotopic (exact) mass is 249 g/mol. The van der Waals surface area contributed by atoms with Crippen molar-refractivity contribution in [3.63, 3.8) is 0 Å². The highest BCUT2D eigenvalue weighted by Crippen LogP contribution is 2.23. The summed E-state index contributed by atoms with van der Waals surface area (Å²) in [6.45, 7) is 4.06. The lowest BCUT2D eigenvalue weighted by molar-refractivity contribution is -0.142. The molecule has 15 heavy (non-hydrogen) atoms. The van der Waals surface area contributed by atoms with E-state index in [1.54, 1.807) is 0 Å². The SMILES string of the molecule is CCOC(=O)CCNCC1CSCCS1. The molecule has 0 aromatic rings. The van der Waals surface area contributed by atoms with E-state index in [-0.39, 0.29) is 5.97 Å². The summed E-state index contributed by atoms with van der Waals surface area (Å²) in [7, 11) is 0. The van der Waals surface area contributed by atoms with Crippen molar-refractivity contribution in [3.8, 4) is 0 Å². The lowest BCUT2D eigenvalue weighted by atomic mass is 10.4. The number of hydrogen-bond acceptors (Lipinski definition) is 5. The van der Waals surface area contributed by atoms with Crippen LogP contribution in [-0.2, 0) is 9.53 Å². The Bertz CT molecular complexity index is 184. The van der Waals surface area contributed by atoms with Gasteiger partial charge in [0.2, 0.25) is 0 Å². The molecule has 1 heterocycles. The number of esters is 1. The van der Waals surface area contributed by atoms with Gasteiger partial charge < -0.3 is 10.1 Å². The van der Waals surface area contributed by atoms with Gasteiger partial charge in [0.05, 0.1) is 13.0 Å². The summed E-state index contributed by atoms with van der Waals surface area (Å²) in [6.07, 6.45) is 0.484. The lowest BCUT2D eigenvalue weighted by Crippen LogP contribution is -2.30. The summed E-state index contributed by atoms with van der Waals surface area (Å²) in [5, 5.41) is 4.02. The van der Waals surface area contributed by atoms with E-state index in [1.165, 1.54) is 17.3 Å². The molecule has 1 saturated heterocycles. The van der Waals surface area contributed by atoms with Crippen molar-refractivity contribution in [2.24, 2.45) is 0 Å². The molecule has 5 heteroatoms. The molecular weight excluding hydrogens is 230 g/mol. The number of nitrogens with one attached hydrogen (secondary N) is 1. The molecular formula is C10H19NO2S2. The fraction of sp³-hybridized carbons (Fsp3) is 0.900. The lowest BCUT2D eigenvalue weighted by Gasteiger charge is -2.21. The highest BCUT2D eigenvalue weighted by atomic mass is 32.2. The number of rotatable bonds is 6. The van der Waals surface area contributed by atoms with Crippen molar-refractivity contribution in [3.05, 3.63) is 0 Å². The van der Waals surface area contributed by atoms with Gasteiger partial charge in [-0.25, -0.2) is 0 Å². The van der Waals surface area contributed by atoms with Crippen molar-refractivity contribution in [2.75, 3.05) is 37.0 Å². The molecule has 0 radical (unpaired) electrons. The predicted octanol–water partition coefficient (Wildman–Crippen LogP) is 1.38. The van der Waals surface area contributed by atoms with Crippen LogP contribution in [0.25, 0.3) is 0 Å². The molecule has 1 N–H and O–H groups in total. The third-order valence-electron chi connectivity index (χ3n) is 2.07. The minimum atomic E-state index is -0.101. The zero-order valence-corrected chi connectivity index (χ0v) is 10.8. The number of hydrogen-bond donors (Lipinski definition) is 1. The van der Waals surface area contributed by atoms with Crippen LogP contribution in [0.3, 0.4) is 0 Å². The molecule has 1 rings (SSSR count). The van der Waals surface area contributed by atoms with Crippen molar-refractivity contribution >= 4 is 29.5 Å². The van der Waals surface area contributed by atoms with Crippen molar-refractivity contribution in [1.82, 2.24) is 5.32 Å². The zero-order valence-electron chi connectivity index (χ0n) is 9.16. The molecule has 3 nitrogen and oxygen atoms in total. The second-order valence-corrected chi connectivity index (χ2v) is 5.88. The Morgan fingerprint density at radius 1 is 1.53 bits per heavy atom. The summed E-state index contributed by atoms with van der Waals surface area (Å²) in [5.41, 5.74) is 0. The molecule has 1 aliphatic rings. The van der Waals surface area contributed by atoms with E-state index < -0.39 is 0 Å². The summed E-state index contributed by atoms with van der Waals surface area (Å²) in [4.78, 5) is 11.0. The smallest absolute Gasteiger partial charge is 0.307 e. The first-order chi connectivity index (χ1) is 7.33. The minimum absolute atomic E-state index is 0.101. The van der Waals surface area contributed by atoms with Crippen LogP contribution in [0.1, 0.15) is 13.3 Å². The van der Waals surface area contributed by atoms with Crippen LogP contribution in [0.2, 0.25) is 0 Å². The van der Waals surface area contributed by atoms with Crippen LogP contribution in [0, 0.1) is 0 Å². The summed E-state index contributed by atoms with van der Waals surface area (Å²) >= 11 is 4.06. The highest BCUT2D eigenvalue weighted by Gasteiger charge is 2.13. The quantitative estimate of drug-likeness (QED) is 0.569. The second kappa shape index (κ2) is 8.30. The maximum Gasteiger partial charge on any atom is 0.307 e. The van der Waals surface area contributed by atoms with Gasteiger partial charge in [-0.1, -0.05) is 0 Å². The minimum Gasteiger partial charge on any atom is -0.466 e. The first-order valence-electron chi connectivity index (χ1n) is 5.38. The van der Waals surface area contributed by atoms with E-state index in [0.717, 1.165) is 13.1 Å². The molecule has 0 bridgehead atoms. The largest absolute Gasteiger partial charge is 0.466 e. The standard InChI is InChI=1S/C10H19NO2S2/c1-2-13-10(12)3-4-11-7-9-8-14-5-6-15-9/h9,11H,2-8H2,1H3. The van der Waals surface area contributed by atoms with Gasteiger partial charge in [-0.05, 0) is 6.92 Å². The Hall–Kier alpha value is 0.130. The van der Waals surface area contributed by atoms with Crippen molar-refractivity contribution in [2.45, 2.75) is 18.6 Å². The summed E-state index contributed by atoms with van der Waals surface area (Å²) in [6, 6.07) is 0. The van der Waals surface area contributed by atoms with E-state index in [0.29, 0.717) is 18.3 Å². The van der Waals surface area contributed by atoms with Crippen LogP contribution < -0.4 is 5.32 Å². The Labute approximate surface area is 100 Å². The highest BCUT2D eigenvalue weighted by molar-refractivity contribution is 8.06. The number of carbonyl (C=O) groups is 1. The van der Waals surface area contributed by atoms with Gasteiger partial charge in [0.25, 0.3) is 0 Å². The van der Waals surface area contributed by atoms with Crippen LogP contribution in [-0.4, -0.2) is 48.2 Å². The Balaban J connectivity index is 1.93. The molecule has 0 aliphatic carbocycles. The van der Waals surface area contributed by atoms with Crippen molar-refractivity contribution < 1.29 is 9.53 Å². The third kappa shape index (κ3) is 6.33. The Morgan fingerprint density at radius 3 is 3.07 bits per heavy atom. The normalized spacial score (nSPS) is 21.3. The predicted molar refractivity (Wildman–Crippen MR) is 67.7 cm³/mol. The maximum atomic E-state index is 11.0.